The Kier molecular flexibility index (Phi) is 3.65. The van der Waals surface area contributed by atoms with E-state index in [1.54, 1.807) is 9.30 Å². The van der Waals surface area contributed by atoms with E-state index in [4.69, 9.17) is 11.6 Å². The van der Waals surface area contributed by atoms with Crippen molar-refractivity contribution in [1.82, 2.24) is 19.2 Å². The fourth-order valence-electron chi connectivity index (χ4n) is 5.53. The first kappa shape index (κ1) is 17.8. The topological polar surface area (TPSA) is 57.9 Å². The Morgan fingerprint density at radius 3 is 2.76 bits per heavy atom. The number of carbonyl (C=O) groups excluding carboxylic acids is 2. The number of hydrogen-bond acceptors (Lipinski definition) is 3. The first-order chi connectivity index (χ1) is 13.9. The summed E-state index contributed by atoms with van der Waals surface area (Å²) in [4.78, 5) is 34.0. The predicted octanol–water partition coefficient (Wildman–Crippen LogP) is 3.34. The molecule has 1 saturated heterocycles. The average molecular weight is 413 g/mol. The number of rotatable bonds is 3. The molecule has 3 unspecified atom stereocenters. The third-order valence-electron chi connectivity index (χ3n) is 7.62. The zero-order valence-electron chi connectivity index (χ0n) is 16.6. The molecule has 0 spiro atoms. The summed E-state index contributed by atoms with van der Waals surface area (Å²) < 4.78 is 1.80. The maximum atomic E-state index is 13.1. The van der Waals surface area contributed by atoms with Gasteiger partial charge in [0.05, 0.1) is 0 Å². The van der Waals surface area contributed by atoms with Gasteiger partial charge in [-0.3, -0.25) is 14.0 Å². The van der Waals surface area contributed by atoms with Crippen LogP contribution in [-0.4, -0.2) is 56.7 Å². The zero-order chi connectivity index (χ0) is 19.9. The zero-order valence-corrected chi connectivity index (χ0v) is 17.4. The Morgan fingerprint density at radius 2 is 2.07 bits per heavy atom. The van der Waals surface area contributed by atoms with Gasteiger partial charge in [-0.25, -0.2) is 4.98 Å². The number of nitrogens with zero attached hydrogens (tertiary/aromatic N) is 4. The number of amides is 2. The van der Waals surface area contributed by atoms with Crippen LogP contribution in [0, 0.1) is 11.3 Å². The molecule has 4 aliphatic rings. The summed E-state index contributed by atoms with van der Waals surface area (Å²) in [5.41, 5.74) is 2.62. The number of imidazole rings is 1. The Morgan fingerprint density at radius 1 is 1.24 bits per heavy atom. The van der Waals surface area contributed by atoms with E-state index >= 15 is 0 Å². The molecule has 0 N–H and O–H groups in total. The molecule has 4 fully saturated rings. The molecule has 3 saturated carbocycles. The van der Waals surface area contributed by atoms with Crippen LogP contribution in [-0.2, 0) is 4.79 Å². The number of piperazine rings is 1. The monoisotopic (exact) mass is 412 g/mol. The van der Waals surface area contributed by atoms with Crippen molar-refractivity contribution in [2.45, 2.75) is 51.0 Å². The van der Waals surface area contributed by atoms with E-state index < -0.39 is 0 Å². The van der Waals surface area contributed by atoms with Crippen LogP contribution in [0.15, 0.2) is 18.3 Å². The minimum Gasteiger partial charge on any atom is -0.336 e. The van der Waals surface area contributed by atoms with E-state index in [9.17, 15) is 9.59 Å². The number of fused-ring (bicyclic) bond motifs is 2. The van der Waals surface area contributed by atoms with E-state index in [0.29, 0.717) is 41.3 Å². The van der Waals surface area contributed by atoms with Crippen molar-refractivity contribution in [2.75, 3.05) is 19.6 Å². The molecule has 1 aliphatic heterocycles. The Bertz CT molecular complexity index is 1040. The van der Waals surface area contributed by atoms with Gasteiger partial charge in [-0.1, -0.05) is 24.6 Å². The van der Waals surface area contributed by atoms with Crippen molar-refractivity contribution in [3.63, 3.8) is 0 Å². The summed E-state index contributed by atoms with van der Waals surface area (Å²) in [6.45, 7) is 3.60. The highest BCUT2D eigenvalue weighted by Crippen LogP contribution is 2.64. The van der Waals surface area contributed by atoms with Gasteiger partial charge in [-0.15, -0.1) is 0 Å². The van der Waals surface area contributed by atoms with Gasteiger partial charge in [0.2, 0.25) is 5.91 Å². The molecule has 3 aliphatic carbocycles. The van der Waals surface area contributed by atoms with Crippen LogP contribution in [0.5, 0.6) is 0 Å². The largest absolute Gasteiger partial charge is 0.336 e. The number of carbonyl (C=O) groups is 2. The van der Waals surface area contributed by atoms with Crippen LogP contribution < -0.4 is 0 Å². The number of hydrogen-bond donors (Lipinski definition) is 0. The lowest BCUT2D eigenvalue weighted by Crippen LogP contribution is -2.55. The Hall–Kier alpha value is -2.08. The van der Waals surface area contributed by atoms with Gasteiger partial charge in [0.15, 0.2) is 5.69 Å². The normalized spacial score (nSPS) is 31.4. The highest BCUT2D eigenvalue weighted by atomic mass is 35.5. The second-order valence-electron chi connectivity index (χ2n) is 9.68. The molecule has 0 bridgehead atoms. The second-order valence-corrected chi connectivity index (χ2v) is 10.0. The van der Waals surface area contributed by atoms with Gasteiger partial charge in [0, 0.05) is 25.3 Å². The highest BCUT2D eigenvalue weighted by Gasteiger charge is 2.58. The van der Waals surface area contributed by atoms with Gasteiger partial charge in [0.1, 0.15) is 17.3 Å². The predicted molar refractivity (Wildman–Crippen MR) is 109 cm³/mol. The number of halogens is 1. The molecular weight excluding hydrogens is 388 g/mol. The van der Waals surface area contributed by atoms with E-state index in [1.165, 1.54) is 24.8 Å². The highest BCUT2D eigenvalue weighted by molar-refractivity contribution is 6.33. The standard InChI is InChI=1S/C22H25ClN4O2/c1-22-9-15(22)8-16(10-22)26-7-6-25(12-18(26)28)21(29)19-20(23)27-11-14(13-2-3-13)4-5-17(27)24-19/h4-5,11,13,15-16H,2-3,6-10,12H2,1H3. The fraction of sp³-hybridized carbons (Fsp3) is 0.591. The summed E-state index contributed by atoms with van der Waals surface area (Å²) in [6.07, 6.45) is 7.95. The lowest BCUT2D eigenvalue weighted by atomic mass is 10.0. The lowest BCUT2D eigenvalue weighted by Gasteiger charge is -2.38. The fourth-order valence-corrected chi connectivity index (χ4v) is 5.79. The second kappa shape index (κ2) is 5.97. The summed E-state index contributed by atoms with van der Waals surface area (Å²) in [6, 6.07) is 4.34. The minimum atomic E-state index is -0.249. The molecule has 2 aromatic rings. The van der Waals surface area contributed by atoms with Crippen molar-refractivity contribution in [1.29, 1.82) is 0 Å². The number of pyridine rings is 1. The Labute approximate surface area is 174 Å². The third kappa shape index (κ3) is 2.79. The van der Waals surface area contributed by atoms with Crippen molar-refractivity contribution in [3.05, 3.63) is 34.7 Å². The van der Waals surface area contributed by atoms with Gasteiger partial charge >= 0.3 is 0 Å². The molecule has 0 aromatic carbocycles. The van der Waals surface area contributed by atoms with Crippen LogP contribution in [0.4, 0.5) is 0 Å². The summed E-state index contributed by atoms with van der Waals surface area (Å²) >= 11 is 6.53. The molecule has 152 valence electrons. The smallest absolute Gasteiger partial charge is 0.276 e. The van der Waals surface area contributed by atoms with Crippen LogP contribution >= 0.6 is 11.6 Å². The van der Waals surface area contributed by atoms with E-state index in [1.807, 2.05) is 17.2 Å². The summed E-state index contributed by atoms with van der Waals surface area (Å²) in [5, 5.41) is 0.339. The Balaban J connectivity index is 1.19. The quantitative estimate of drug-likeness (QED) is 0.776. The van der Waals surface area contributed by atoms with Crippen molar-refractivity contribution < 1.29 is 9.59 Å². The van der Waals surface area contributed by atoms with E-state index in [2.05, 4.69) is 18.0 Å². The van der Waals surface area contributed by atoms with E-state index in [0.717, 1.165) is 18.8 Å². The van der Waals surface area contributed by atoms with E-state index in [-0.39, 0.29) is 24.1 Å². The number of aromatic nitrogens is 2. The molecule has 2 aromatic heterocycles. The first-order valence-corrected chi connectivity index (χ1v) is 11.1. The molecular formula is C22H25ClN4O2. The van der Waals surface area contributed by atoms with Gasteiger partial charge in [-0.2, -0.15) is 0 Å². The summed E-state index contributed by atoms with van der Waals surface area (Å²) in [5.74, 6) is 1.19. The van der Waals surface area contributed by atoms with Gasteiger partial charge in [-0.05, 0) is 61.0 Å². The molecule has 29 heavy (non-hydrogen) atoms. The molecule has 6 nitrogen and oxygen atoms in total. The van der Waals surface area contributed by atoms with Crippen molar-refractivity contribution in [3.8, 4) is 0 Å². The third-order valence-corrected chi connectivity index (χ3v) is 7.98. The van der Waals surface area contributed by atoms with Gasteiger partial charge in [0.25, 0.3) is 5.91 Å². The maximum Gasteiger partial charge on any atom is 0.276 e. The van der Waals surface area contributed by atoms with Crippen LogP contribution in [0.1, 0.15) is 61.0 Å². The van der Waals surface area contributed by atoms with Gasteiger partial charge < -0.3 is 9.80 Å². The molecule has 2 amide bonds. The van der Waals surface area contributed by atoms with Crippen LogP contribution in [0.25, 0.3) is 5.65 Å². The molecule has 7 heteroatoms. The summed E-state index contributed by atoms with van der Waals surface area (Å²) in [7, 11) is 0. The lowest BCUT2D eigenvalue weighted by molar-refractivity contribution is -0.137. The minimum absolute atomic E-state index is 0.0513. The first-order valence-electron chi connectivity index (χ1n) is 10.7. The molecule has 0 radical (unpaired) electrons. The van der Waals surface area contributed by atoms with Crippen molar-refractivity contribution in [2.24, 2.45) is 11.3 Å². The van der Waals surface area contributed by atoms with Crippen LogP contribution in [0.3, 0.4) is 0 Å². The van der Waals surface area contributed by atoms with Crippen LogP contribution in [0.2, 0.25) is 5.15 Å². The molecule has 3 atom stereocenters. The maximum absolute atomic E-state index is 13.1. The molecule has 3 heterocycles. The van der Waals surface area contributed by atoms with Crippen molar-refractivity contribution >= 4 is 29.1 Å². The molecule has 6 rings (SSSR count). The SMILES string of the molecule is CC12CC(N3CCN(C(=O)c4nc5ccc(C6CC6)cn5c4Cl)CC3=O)CC1C2. The average Bonchev–Trinajstić information content (AvgIpc) is 3.60.